The number of carbonyl (C=O) groups excluding carboxylic acids is 5. The molecule has 6 rings (SSSR count). The number of aromatic hydroxyl groups is 1. The first-order valence-electron chi connectivity index (χ1n) is 25.0. The van der Waals surface area contributed by atoms with Crippen LogP contribution >= 0.6 is 0 Å². The highest BCUT2D eigenvalue weighted by Gasteiger charge is 2.48. The largest absolute Gasteiger partial charge is 0.508 e. The first-order valence-corrected chi connectivity index (χ1v) is 25.0. The normalized spacial score (nSPS) is 22.1. The van der Waals surface area contributed by atoms with Crippen molar-refractivity contribution in [1.82, 2.24) is 30.3 Å². The molecule has 2 fully saturated rings. The van der Waals surface area contributed by atoms with Gasteiger partial charge in [-0.05, 0) is 117 Å². The molecule has 1 aliphatic carbocycles. The summed E-state index contributed by atoms with van der Waals surface area (Å²) in [6.07, 6.45) is 6.36. The number of likely N-dealkylation sites (N-methyl/N-ethyl adjacent to an activating group) is 2. The average molecular weight is 955 g/mol. The number of benzene rings is 2. The number of rotatable bonds is 24. The third-order valence-corrected chi connectivity index (χ3v) is 14.5. The fourth-order valence-corrected chi connectivity index (χ4v) is 10.8. The Kier molecular flexibility index (Phi) is 17.7. The lowest BCUT2D eigenvalue weighted by Gasteiger charge is -2.35. The molecule has 6 N–H and O–H groups in total. The molecule has 1 saturated heterocycles. The molecule has 2 aliphatic heterocycles. The second-order valence-corrected chi connectivity index (χ2v) is 21.0. The topological polar surface area (TPSA) is 220 Å². The molecule has 9 atom stereocenters. The van der Waals surface area contributed by atoms with Crippen molar-refractivity contribution in [2.24, 2.45) is 33.9 Å². The number of hydrogen-bond acceptors (Lipinski definition) is 11. The van der Waals surface area contributed by atoms with Gasteiger partial charge in [0.25, 0.3) is 6.47 Å². The monoisotopic (exact) mass is 955 g/mol. The van der Waals surface area contributed by atoms with Gasteiger partial charge in [0.2, 0.25) is 23.6 Å². The number of aromatic nitrogens is 1. The second kappa shape index (κ2) is 23.1. The zero-order valence-electron chi connectivity index (χ0n) is 42.5. The number of fused-ring (bicyclic) bond motifs is 2. The molecule has 16 nitrogen and oxygen atoms in total. The molecule has 16 heteroatoms. The lowest BCUT2D eigenvalue weighted by atomic mass is 9.78. The number of ether oxygens (including phenoxy) is 2. The van der Waals surface area contributed by atoms with E-state index in [0.29, 0.717) is 63.0 Å². The van der Waals surface area contributed by atoms with Gasteiger partial charge in [-0.3, -0.25) is 29.0 Å². The molecule has 3 aromatic rings. The second-order valence-electron chi connectivity index (χ2n) is 21.0. The number of phenols is 1. The van der Waals surface area contributed by atoms with Crippen molar-refractivity contribution in [3.8, 4) is 16.9 Å². The number of hydrogen-bond donors (Lipinski definition) is 5. The van der Waals surface area contributed by atoms with Crippen LogP contribution in [-0.4, -0.2) is 140 Å². The van der Waals surface area contributed by atoms with Crippen molar-refractivity contribution >= 4 is 47.2 Å². The van der Waals surface area contributed by atoms with E-state index in [9.17, 15) is 29.1 Å². The number of phenolic OH excluding ortho intramolecular Hbond substituents is 1. The Hall–Kier alpha value is -5.32. The van der Waals surface area contributed by atoms with Crippen molar-refractivity contribution in [1.29, 1.82) is 0 Å². The molecule has 3 heterocycles. The average Bonchev–Trinajstić information content (AvgIpc) is 3.80. The maximum atomic E-state index is 14.3. The van der Waals surface area contributed by atoms with Gasteiger partial charge in [-0.25, -0.2) is 0 Å². The standard InChI is InChI=1S/C53H78N8O8/c1-11-61-45-15-14-35(23-39(45)41(26-53(6,7)29-69-30-62)49(61)40-18-32(4)27-56-47(40)33(5)68-10)36-19-34(20-38(63)22-36)21-44(50(65)55-17-13-12-16-54)58-51(66)48(31(2)3)60(9)46(64)28-59(8)52(67)37-24-42-43(25-37)57-42/h14-15,19-20,22-23,27,30-33,37,40,42-44,47-48,57,63H,11-13,16-18,21,24-26,28-29,54H2,1-10H3,(H,55,65)(H,58,66)/t32?,33-,37?,40?,42-,43+,44-,47?,48-/m0/s1. The minimum absolute atomic E-state index is 0.00406. The zero-order chi connectivity index (χ0) is 50.3. The quantitative estimate of drug-likeness (QED) is 0.0462. The summed E-state index contributed by atoms with van der Waals surface area (Å²) in [7, 11) is 4.91. The van der Waals surface area contributed by atoms with E-state index < -0.39 is 29.3 Å². The van der Waals surface area contributed by atoms with Gasteiger partial charge in [0.1, 0.15) is 17.8 Å². The van der Waals surface area contributed by atoms with Crippen molar-refractivity contribution < 1.29 is 38.6 Å². The van der Waals surface area contributed by atoms with Crippen LogP contribution in [0.15, 0.2) is 41.4 Å². The van der Waals surface area contributed by atoms with Crippen molar-refractivity contribution in [2.45, 2.75) is 142 Å². The number of nitrogens with two attached hydrogens (primary N) is 1. The zero-order valence-corrected chi connectivity index (χ0v) is 42.5. The number of aryl methyl sites for hydroxylation is 1. The van der Waals surface area contributed by atoms with E-state index in [1.165, 1.54) is 15.5 Å². The Morgan fingerprint density at radius 1 is 1.03 bits per heavy atom. The summed E-state index contributed by atoms with van der Waals surface area (Å²) in [5.41, 5.74) is 10.9. The Morgan fingerprint density at radius 2 is 1.75 bits per heavy atom. The Morgan fingerprint density at radius 3 is 2.41 bits per heavy atom. The molecule has 0 radical (unpaired) electrons. The summed E-state index contributed by atoms with van der Waals surface area (Å²) >= 11 is 0. The number of piperidine rings is 1. The van der Waals surface area contributed by atoms with Gasteiger partial charge in [0.05, 0.1) is 25.3 Å². The fourth-order valence-electron chi connectivity index (χ4n) is 10.8. The molecule has 3 aliphatic rings. The summed E-state index contributed by atoms with van der Waals surface area (Å²) < 4.78 is 13.6. The Balaban J connectivity index is 1.32. The highest BCUT2D eigenvalue weighted by molar-refractivity contribution is 5.94. The molecule has 0 bridgehead atoms. The van der Waals surface area contributed by atoms with E-state index >= 15 is 0 Å². The number of carbonyl (C=O) groups is 5. The van der Waals surface area contributed by atoms with Gasteiger partial charge < -0.3 is 50.6 Å². The third kappa shape index (κ3) is 12.7. The van der Waals surface area contributed by atoms with Crippen LogP contribution in [0, 0.1) is 23.2 Å². The molecule has 2 aromatic carbocycles. The van der Waals surface area contributed by atoms with Crippen LogP contribution in [0.25, 0.3) is 22.0 Å². The fraction of sp³-hybridized carbons (Fsp3) is 0.623. The molecule has 69 heavy (non-hydrogen) atoms. The van der Waals surface area contributed by atoms with E-state index in [-0.39, 0.29) is 73.0 Å². The first-order chi connectivity index (χ1) is 32.8. The van der Waals surface area contributed by atoms with Crippen LogP contribution < -0.4 is 21.7 Å². The predicted molar refractivity (Wildman–Crippen MR) is 269 cm³/mol. The molecular formula is C53H78N8O8. The Bertz CT molecular complexity index is 2330. The SMILES string of the molecule is CCn1c(C2CC(C)C=NC2[C@H](C)OC)c(CC(C)(C)COC=O)c2cc(-c3cc(O)cc(C[C@H](NC(=O)[C@H](C(C)C)N(C)C(=O)CN(C)C(=O)C4C[C@@H]5N[C@@H]5C4)C(=O)NCCCCN)c3)ccc21. The van der Waals surface area contributed by atoms with Crippen LogP contribution in [0.1, 0.15) is 103 Å². The van der Waals surface area contributed by atoms with Crippen LogP contribution in [0.2, 0.25) is 0 Å². The van der Waals surface area contributed by atoms with E-state index in [4.69, 9.17) is 20.2 Å². The summed E-state index contributed by atoms with van der Waals surface area (Å²) in [4.78, 5) is 74.6. The van der Waals surface area contributed by atoms with E-state index in [1.807, 2.05) is 32.2 Å². The van der Waals surface area contributed by atoms with Gasteiger partial charge in [-0.15, -0.1) is 0 Å². The highest BCUT2D eigenvalue weighted by atomic mass is 16.5. The van der Waals surface area contributed by atoms with Crippen LogP contribution in [0.4, 0.5) is 0 Å². The van der Waals surface area contributed by atoms with E-state index in [1.54, 1.807) is 33.3 Å². The Labute approximate surface area is 408 Å². The molecular weight excluding hydrogens is 877 g/mol. The van der Waals surface area contributed by atoms with Crippen molar-refractivity contribution in [2.75, 3.05) is 47.4 Å². The maximum Gasteiger partial charge on any atom is 0.293 e. The molecule has 4 unspecified atom stereocenters. The van der Waals surface area contributed by atoms with E-state index in [0.717, 1.165) is 46.9 Å². The summed E-state index contributed by atoms with van der Waals surface area (Å²) in [5, 5.41) is 21.6. The van der Waals surface area contributed by atoms with Gasteiger partial charge >= 0.3 is 0 Å². The molecule has 378 valence electrons. The lowest BCUT2D eigenvalue weighted by Crippen LogP contribution is -2.57. The van der Waals surface area contributed by atoms with Gasteiger partial charge in [-0.2, -0.15) is 0 Å². The minimum Gasteiger partial charge on any atom is -0.508 e. The van der Waals surface area contributed by atoms with Crippen LogP contribution in [-0.2, 0) is 52.8 Å². The molecule has 1 aromatic heterocycles. The van der Waals surface area contributed by atoms with Gasteiger partial charge in [-0.1, -0.05) is 46.8 Å². The number of nitrogens with one attached hydrogen (secondary N) is 3. The number of amides is 4. The maximum absolute atomic E-state index is 14.3. The number of nitrogens with zero attached hydrogens (tertiary/aromatic N) is 4. The molecule has 4 amide bonds. The summed E-state index contributed by atoms with van der Waals surface area (Å²) in [6.45, 7) is 16.4. The number of aliphatic imine (C=N–C) groups is 1. The minimum atomic E-state index is -1.06. The highest BCUT2D eigenvalue weighted by Crippen LogP contribution is 2.44. The van der Waals surface area contributed by atoms with E-state index in [2.05, 4.69) is 67.3 Å². The number of methoxy groups -OCH3 is 1. The first kappa shape index (κ1) is 53.0. The third-order valence-electron chi connectivity index (χ3n) is 14.5. The van der Waals surface area contributed by atoms with Crippen LogP contribution in [0.5, 0.6) is 5.75 Å². The van der Waals surface area contributed by atoms with Crippen LogP contribution in [0.3, 0.4) is 0 Å². The number of unbranched alkanes of at least 4 members (excludes halogenated alkanes) is 1. The smallest absolute Gasteiger partial charge is 0.293 e. The van der Waals surface area contributed by atoms with Gasteiger partial charge in [0, 0.05) is 92.9 Å². The van der Waals surface area contributed by atoms with Crippen molar-refractivity contribution in [3.63, 3.8) is 0 Å². The van der Waals surface area contributed by atoms with Gasteiger partial charge in [0.15, 0.2) is 0 Å². The lowest BCUT2D eigenvalue weighted by molar-refractivity contribution is -0.145. The van der Waals surface area contributed by atoms with Crippen molar-refractivity contribution in [3.05, 3.63) is 53.2 Å². The summed E-state index contributed by atoms with van der Waals surface area (Å²) in [6, 6.07) is 10.2. The molecule has 1 saturated carbocycles. The molecule has 0 spiro atoms. The predicted octanol–water partition coefficient (Wildman–Crippen LogP) is 4.95. The summed E-state index contributed by atoms with van der Waals surface area (Å²) in [5.74, 6) is -1.51.